The van der Waals surface area contributed by atoms with E-state index >= 15 is 0 Å². The molecule has 0 heterocycles. The van der Waals surface area contributed by atoms with Crippen LogP contribution in [0.3, 0.4) is 0 Å². The first-order valence-corrected chi connectivity index (χ1v) is 8.78. The Bertz CT molecular complexity index is 453. The Morgan fingerprint density at radius 1 is 1.33 bits per heavy atom. The number of carbonyl (C=O) groups is 2. The van der Waals surface area contributed by atoms with Gasteiger partial charge in [0.05, 0.1) is 5.92 Å². The molecule has 0 aromatic heterocycles. The summed E-state index contributed by atoms with van der Waals surface area (Å²) in [6, 6.07) is 8.83. The number of aliphatic carboxylic acids is 1. The van der Waals surface area contributed by atoms with Crippen LogP contribution in [0.1, 0.15) is 12.0 Å². The van der Waals surface area contributed by atoms with Gasteiger partial charge in [-0.1, -0.05) is 30.3 Å². The summed E-state index contributed by atoms with van der Waals surface area (Å²) in [5.74, 6) is -0.485. The van der Waals surface area contributed by atoms with E-state index in [1.807, 2.05) is 36.6 Å². The molecule has 0 aliphatic carbocycles. The van der Waals surface area contributed by atoms with Gasteiger partial charge in [0.2, 0.25) is 5.91 Å². The number of benzene rings is 1. The van der Waals surface area contributed by atoms with Crippen LogP contribution in [0.4, 0.5) is 0 Å². The number of thioether (sulfide) groups is 1. The smallest absolute Gasteiger partial charge is 0.326 e. The molecule has 0 fully saturated rings. The quantitative estimate of drug-likeness (QED) is 0.608. The van der Waals surface area contributed by atoms with Crippen molar-refractivity contribution in [3.63, 3.8) is 0 Å². The largest absolute Gasteiger partial charge is 0.480 e. The number of hydrogen-bond acceptors (Lipinski definition) is 4. The molecule has 0 spiro atoms. The lowest BCUT2D eigenvalue weighted by molar-refractivity contribution is -0.142. The van der Waals surface area contributed by atoms with Crippen LogP contribution in [0, 0.1) is 5.92 Å². The number of nitrogens with one attached hydrogen (secondary N) is 1. The van der Waals surface area contributed by atoms with Crippen molar-refractivity contribution in [1.82, 2.24) is 5.32 Å². The zero-order valence-electron chi connectivity index (χ0n) is 12.0. The van der Waals surface area contributed by atoms with Crippen molar-refractivity contribution in [2.45, 2.75) is 18.9 Å². The Labute approximate surface area is 135 Å². The van der Waals surface area contributed by atoms with Gasteiger partial charge in [0, 0.05) is 5.75 Å². The summed E-state index contributed by atoms with van der Waals surface area (Å²) in [6.45, 7) is 0. The van der Waals surface area contributed by atoms with Crippen molar-refractivity contribution in [1.29, 1.82) is 0 Å². The predicted molar refractivity (Wildman–Crippen MR) is 90.1 cm³/mol. The minimum Gasteiger partial charge on any atom is -0.480 e. The summed E-state index contributed by atoms with van der Waals surface area (Å²) in [5.41, 5.74) is 1.04. The Balaban J connectivity index is 2.62. The lowest BCUT2D eigenvalue weighted by atomic mass is 9.99. The molecule has 1 aromatic rings. The van der Waals surface area contributed by atoms with Crippen molar-refractivity contribution >= 4 is 36.3 Å². The third-order valence-corrected chi connectivity index (χ3v) is 4.23. The average molecular weight is 327 g/mol. The maximum absolute atomic E-state index is 12.2. The fourth-order valence-corrected chi connectivity index (χ4v) is 2.69. The number of thiol groups is 1. The highest BCUT2D eigenvalue weighted by atomic mass is 32.2. The van der Waals surface area contributed by atoms with Crippen molar-refractivity contribution in [2.75, 3.05) is 17.8 Å². The third kappa shape index (κ3) is 6.44. The van der Waals surface area contributed by atoms with E-state index < -0.39 is 12.0 Å². The van der Waals surface area contributed by atoms with Crippen LogP contribution in [0.15, 0.2) is 30.3 Å². The maximum Gasteiger partial charge on any atom is 0.326 e. The first kappa shape index (κ1) is 17.9. The Hall–Kier alpha value is -1.14. The zero-order chi connectivity index (χ0) is 15.7. The summed E-state index contributed by atoms with van der Waals surface area (Å²) in [6.07, 6.45) is 2.89. The molecular formula is C15H21NO3S2. The molecule has 6 heteroatoms. The van der Waals surface area contributed by atoms with Gasteiger partial charge in [-0.15, -0.1) is 0 Å². The fraction of sp³-hybridized carbons (Fsp3) is 0.467. The Morgan fingerprint density at radius 3 is 2.52 bits per heavy atom. The van der Waals surface area contributed by atoms with Crippen molar-refractivity contribution in [3.8, 4) is 0 Å². The number of carboxylic acid groups (broad SMARTS) is 1. The topological polar surface area (TPSA) is 66.4 Å². The second kappa shape index (κ2) is 9.73. The van der Waals surface area contributed by atoms with E-state index in [-0.39, 0.29) is 11.8 Å². The summed E-state index contributed by atoms with van der Waals surface area (Å²) >= 11 is 5.78. The van der Waals surface area contributed by atoms with Gasteiger partial charge in [0.25, 0.3) is 0 Å². The number of carboxylic acids is 1. The van der Waals surface area contributed by atoms with Crippen LogP contribution in [0.2, 0.25) is 0 Å². The zero-order valence-corrected chi connectivity index (χ0v) is 13.7. The van der Waals surface area contributed by atoms with Gasteiger partial charge in [0.1, 0.15) is 6.04 Å². The number of carbonyl (C=O) groups excluding carboxylic acids is 1. The van der Waals surface area contributed by atoms with Gasteiger partial charge in [-0.2, -0.15) is 24.4 Å². The highest BCUT2D eigenvalue weighted by Crippen LogP contribution is 2.11. The number of amides is 1. The molecule has 0 aliphatic rings. The molecule has 0 saturated heterocycles. The van der Waals surface area contributed by atoms with E-state index in [9.17, 15) is 9.59 Å². The minimum atomic E-state index is -0.991. The van der Waals surface area contributed by atoms with Crippen LogP contribution in [-0.4, -0.2) is 40.8 Å². The molecule has 2 atom stereocenters. The SMILES string of the molecule is CSCC[C@H](NC(=O)[C@@H](CS)Cc1ccccc1)C(=O)O. The molecule has 116 valence electrons. The monoisotopic (exact) mass is 327 g/mol. The molecule has 1 aromatic carbocycles. The molecule has 1 amide bonds. The number of rotatable bonds is 9. The molecule has 1 rings (SSSR count). The molecule has 0 saturated carbocycles. The van der Waals surface area contributed by atoms with Crippen LogP contribution < -0.4 is 5.32 Å². The van der Waals surface area contributed by atoms with E-state index in [2.05, 4.69) is 17.9 Å². The van der Waals surface area contributed by atoms with Crippen LogP contribution in [-0.2, 0) is 16.0 Å². The van der Waals surface area contributed by atoms with E-state index in [1.54, 1.807) is 11.8 Å². The molecule has 0 radical (unpaired) electrons. The lowest BCUT2D eigenvalue weighted by Crippen LogP contribution is -2.44. The standard InChI is InChI=1S/C15H21NO3S2/c1-21-8-7-13(15(18)19)16-14(17)12(10-20)9-11-5-3-2-4-6-11/h2-6,12-13,20H,7-10H2,1H3,(H,16,17)(H,18,19)/t12-,13+/m1/s1. The summed E-state index contributed by atoms with van der Waals surface area (Å²) in [4.78, 5) is 23.4. The molecule has 21 heavy (non-hydrogen) atoms. The highest BCUT2D eigenvalue weighted by Gasteiger charge is 2.24. The van der Waals surface area contributed by atoms with Gasteiger partial charge in [-0.05, 0) is 30.4 Å². The lowest BCUT2D eigenvalue weighted by Gasteiger charge is -2.19. The van der Waals surface area contributed by atoms with Crippen molar-refractivity contribution < 1.29 is 14.7 Å². The van der Waals surface area contributed by atoms with Crippen LogP contribution >= 0.6 is 24.4 Å². The predicted octanol–water partition coefficient (Wildman–Crippen LogP) is 2.10. The third-order valence-electron chi connectivity index (χ3n) is 3.14. The summed E-state index contributed by atoms with van der Waals surface area (Å²) in [5, 5.41) is 11.8. The fourth-order valence-electron chi connectivity index (χ4n) is 1.92. The van der Waals surface area contributed by atoms with Gasteiger partial charge < -0.3 is 10.4 Å². The van der Waals surface area contributed by atoms with Crippen LogP contribution in [0.25, 0.3) is 0 Å². The van der Waals surface area contributed by atoms with E-state index in [0.29, 0.717) is 24.3 Å². The first-order chi connectivity index (χ1) is 10.1. The van der Waals surface area contributed by atoms with Crippen molar-refractivity contribution in [3.05, 3.63) is 35.9 Å². The molecule has 0 unspecified atom stereocenters. The maximum atomic E-state index is 12.2. The van der Waals surface area contributed by atoms with Gasteiger partial charge in [0.15, 0.2) is 0 Å². The molecular weight excluding hydrogens is 306 g/mol. The van der Waals surface area contributed by atoms with E-state index in [0.717, 1.165) is 5.56 Å². The second-order valence-corrected chi connectivity index (χ2v) is 6.10. The Kier molecular flexibility index (Phi) is 8.30. The normalized spacial score (nSPS) is 13.4. The van der Waals surface area contributed by atoms with Crippen molar-refractivity contribution in [2.24, 2.45) is 5.92 Å². The average Bonchev–Trinajstić information content (AvgIpc) is 2.49. The summed E-state index contributed by atoms with van der Waals surface area (Å²) < 4.78 is 0. The van der Waals surface area contributed by atoms with Gasteiger partial charge in [-0.25, -0.2) is 4.79 Å². The highest BCUT2D eigenvalue weighted by molar-refractivity contribution is 7.98. The van der Waals surface area contributed by atoms with Gasteiger partial charge >= 0.3 is 5.97 Å². The second-order valence-electron chi connectivity index (χ2n) is 4.75. The van der Waals surface area contributed by atoms with Gasteiger partial charge in [-0.3, -0.25) is 4.79 Å². The molecule has 0 bridgehead atoms. The van der Waals surface area contributed by atoms with Crippen LogP contribution in [0.5, 0.6) is 0 Å². The number of hydrogen-bond donors (Lipinski definition) is 3. The molecule has 0 aliphatic heterocycles. The Morgan fingerprint density at radius 2 is 2.00 bits per heavy atom. The minimum absolute atomic E-state index is 0.248. The molecule has 4 nitrogen and oxygen atoms in total. The summed E-state index contributed by atoms with van der Waals surface area (Å²) in [7, 11) is 0. The molecule has 2 N–H and O–H groups in total. The van der Waals surface area contributed by atoms with E-state index in [4.69, 9.17) is 5.11 Å². The van der Waals surface area contributed by atoms with E-state index in [1.165, 1.54) is 0 Å². The first-order valence-electron chi connectivity index (χ1n) is 6.75.